The van der Waals surface area contributed by atoms with Gasteiger partial charge in [-0.25, -0.2) is 9.67 Å². The molecule has 0 spiro atoms. The molecule has 1 saturated heterocycles. The van der Waals surface area contributed by atoms with E-state index in [2.05, 4.69) is 10.1 Å². The molecule has 1 aliphatic rings. The van der Waals surface area contributed by atoms with Crippen LogP contribution in [0.4, 0.5) is 0 Å². The third-order valence-electron chi connectivity index (χ3n) is 4.17. The molecule has 6 nitrogen and oxygen atoms in total. The molecular weight excluding hydrogens is 397 g/mol. The number of benzene rings is 2. The van der Waals surface area contributed by atoms with Crippen molar-refractivity contribution >= 4 is 34.9 Å². The fraction of sp³-hybridized carbons (Fsp3) is 0.176. The van der Waals surface area contributed by atoms with Crippen LogP contribution < -0.4 is 0 Å². The molecule has 0 bridgehead atoms. The number of hydrogen-bond acceptors (Lipinski definition) is 5. The van der Waals surface area contributed by atoms with Crippen LogP contribution in [-0.4, -0.2) is 19.3 Å². The first-order valence-corrected chi connectivity index (χ1v) is 9.45. The van der Waals surface area contributed by atoms with Gasteiger partial charge in [0.15, 0.2) is 6.10 Å². The van der Waals surface area contributed by atoms with E-state index in [-0.39, 0.29) is 6.54 Å². The molecule has 1 aliphatic heterocycles. The van der Waals surface area contributed by atoms with Crippen molar-refractivity contribution < 1.29 is 12.9 Å². The summed E-state index contributed by atoms with van der Waals surface area (Å²) in [4.78, 5) is 3.97. The lowest BCUT2D eigenvalue weighted by atomic mass is 9.84. The molecule has 2 aromatic carbocycles. The maximum Gasteiger partial charge on any atom is 0.298 e. The van der Waals surface area contributed by atoms with Crippen molar-refractivity contribution in [2.75, 3.05) is 0 Å². The van der Waals surface area contributed by atoms with E-state index in [1.165, 1.54) is 6.33 Å². The molecule has 4 rings (SSSR count). The zero-order chi connectivity index (χ0) is 18.1. The Morgan fingerprint density at radius 2 is 2.00 bits per heavy atom. The molecule has 9 heteroatoms. The monoisotopic (exact) mass is 409 g/mol. The summed E-state index contributed by atoms with van der Waals surface area (Å²) in [5.41, 5.74) is 0.255. The largest absolute Gasteiger partial charge is 0.553 e. The quantitative estimate of drug-likeness (QED) is 0.611. The number of aromatic nitrogens is 3. The minimum Gasteiger partial charge on any atom is -0.553 e. The first-order valence-electron chi connectivity index (χ1n) is 7.70. The van der Waals surface area contributed by atoms with Crippen molar-refractivity contribution in [1.29, 1.82) is 0 Å². The SMILES string of the molecule is [O-][S+]1O[C@@H](c2ccccc2)[C@@](Cn2cncn2)(c2ccc(Cl)cc2Cl)O1. The number of halogens is 2. The number of nitrogens with zero attached hydrogens (tertiary/aromatic N) is 3. The van der Waals surface area contributed by atoms with Gasteiger partial charge in [-0.3, -0.25) is 0 Å². The van der Waals surface area contributed by atoms with Crippen LogP contribution in [0.5, 0.6) is 0 Å². The second-order valence-electron chi connectivity index (χ2n) is 5.78. The topological polar surface area (TPSA) is 72.2 Å². The Balaban J connectivity index is 1.89. The zero-order valence-electron chi connectivity index (χ0n) is 13.3. The van der Waals surface area contributed by atoms with E-state index < -0.39 is 23.4 Å². The van der Waals surface area contributed by atoms with E-state index >= 15 is 0 Å². The second kappa shape index (κ2) is 7.19. The van der Waals surface area contributed by atoms with Crippen molar-refractivity contribution in [3.05, 3.63) is 82.4 Å². The summed E-state index contributed by atoms with van der Waals surface area (Å²) in [6.45, 7) is 0.208. The molecule has 0 saturated carbocycles. The van der Waals surface area contributed by atoms with Gasteiger partial charge in [-0.1, -0.05) is 59.6 Å². The standard InChI is InChI=1S/C17H13Cl2N3O3S/c18-13-6-7-14(15(19)8-13)17(9-22-11-20-10-21-22)16(24-26(23)25-17)12-4-2-1-3-5-12/h1-8,10-11,16H,9H2/t16-,17+,26?/m0/s1. The molecule has 0 radical (unpaired) electrons. The highest BCUT2D eigenvalue weighted by Gasteiger charge is 2.59. The van der Waals surface area contributed by atoms with Crippen LogP contribution >= 0.6 is 23.2 Å². The third-order valence-corrected chi connectivity index (χ3v) is 5.50. The molecule has 0 aliphatic carbocycles. The van der Waals surface area contributed by atoms with Crippen LogP contribution in [0.2, 0.25) is 10.0 Å². The summed E-state index contributed by atoms with van der Waals surface area (Å²) in [6.07, 6.45) is 2.31. The van der Waals surface area contributed by atoms with Crippen LogP contribution in [0.25, 0.3) is 0 Å². The van der Waals surface area contributed by atoms with E-state index in [9.17, 15) is 4.55 Å². The van der Waals surface area contributed by atoms with Crippen LogP contribution in [0.3, 0.4) is 0 Å². The lowest BCUT2D eigenvalue weighted by Gasteiger charge is -2.29. The molecule has 2 heterocycles. The van der Waals surface area contributed by atoms with Gasteiger partial charge in [0.1, 0.15) is 12.7 Å². The molecule has 3 aromatic rings. The Morgan fingerprint density at radius 3 is 2.69 bits per heavy atom. The van der Waals surface area contributed by atoms with Gasteiger partial charge in [0.25, 0.3) is 11.7 Å². The lowest BCUT2D eigenvalue weighted by molar-refractivity contribution is 0.0118. The van der Waals surface area contributed by atoms with Gasteiger partial charge in [0, 0.05) is 15.6 Å². The highest BCUT2D eigenvalue weighted by molar-refractivity contribution is 7.82. The van der Waals surface area contributed by atoms with E-state index in [4.69, 9.17) is 31.6 Å². The Labute approximate surface area is 163 Å². The molecule has 1 fully saturated rings. The number of hydrogen-bond donors (Lipinski definition) is 0. The predicted molar refractivity (Wildman–Crippen MR) is 97.7 cm³/mol. The van der Waals surface area contributed by atoms with Crippen molar-refractivity contribution in [3.63, 3.8) is 0 Å². The van der Waals surface area contributed by atoms with Gasteiger partial charge in [-0.15, -0.1) is 8.37 Å². The number of rotatable bonds is 4. The van der Waals surface area contributed by atoms with Crippen LogP contribution in [0, 0.1) is 0 Å². The van der Waals surface area contributed by atoms with Gasteiger partial charge in [0.2, 0.25) is 5.60 Å². The Kier molecular flexibility index (Phi) is 4.92. The summed E-state index contributed by atoms with van der Waals surface area (Å²) in [5, 5.41) is 5.03. The molecule has 1 unspecified atom stereocenters. The van der Waals surface area contributed by atoms with E-state index in [0.717, 1.165) is 5.56 Å². The van der Waals surface area contributed by atoms with Crippen LogP contribution in [-0.2, 0) is 32.2 Å². The lowest BCUT2D eigenvalue weighted by Crippen LogP contribution is -2.37. The van der Waals surface area contributed by atoms with Crippen molar-refractivity contribution in [1.82, 2.24) is 14.8 Å². The molecule has 0 amide bonds. The van der Waals surface area contributed by atoms with Crippen molar-refractivity contribution in [3.8, 4) is 0 Å². The summed E-state index contributed by atoms with van der Waals surface area (Å²) >= 11 is 10.6. The highest BCUT2D eigenvalue weighted by atomic mass is 35.5. The van der Waals surface area contributed by atoms with Crippen molar-refractivity contribution in [2.45, 2.75) is 18.2 Å². The fourth-order valence-electron chi connectivity index (χ4n) is 3.06. The van der Waals surface area contributed by atoms with Crippen LogP contribution in [0.1, 0.15) is 17.2 Å². The van der Waals surface area contributed by atoms with E-state index in [1.807, 2.05) is 30.3 Å². The average molecular weight is 410 g/mol. The fourth-order valence-corrected chi connectivity index (χ4v) is 4.57. The predicted octanol–water partition coefficient (Wildman–Crippen LogP) is 3.85. The third kappa shape index (κ3) is 3.22. The molecule has 26 heavy (non-hydrogen) atoms. The van der Waals surface area contributed by atoms with Gasteiger partial charge in [0.05, 0.1) is 6.54 Å². The van der Waals surface area contributed by atoms with E-state index in [0.29, 0.717) is 15.6 Å². The molecule has 134 valence electrons. The summed E-state index contributed by atoms with van der Waals surface area (Å²) in [5.74, 6) is 0. The van der Waals surface area contributed by atoms with Crippen molar-refractivity contribution in [2.24, 2.45) is 0 Å². The Bertz CT molecular complexity index is 898. The normalized spacial score (nSPS) is 25.5. The van der Waals surface area contributed by atoms with Gasteiger partial charge in [-0.05, 0) is 17.7 Å². The maximum absolute atomic E-state index is 12.3. The smallest absolute Gasteiger partial charge is 0.298 e. The van der Waals surface area contributed by atoms with Crippen LogP contribution in [0.15, 0.2) is 61.2 Å². The highest BCUT2D eigenvalue weighted by Crippen LogP contribution is 2.51. The Hall–Kier alpha value is -1.61. The second-order valence-corrected chi connectivity index (χ2v) is 7.39. The minimum atomic E-state index is -1.95. The molecular formula is C17H13Cl2N3O3S. The summed E-state index contributed by atoms with van der Waals surface area (Å²) in [7, 11) is 0. The van der Waals surface area contributed by atoms with Gasteiger partial charge in [-0.2, -0.15) is 5.10 Å². The van der Waals surface area contributed by atoms with Gasteiger partial charge >= 0.3 is 0 Å². The Morgan fingerprint density at radius 1 is 1.19 bits per heavy atom. The minimum absolute atomic E-state index is 0.208. The maximum atomic E-state index is 12.3. The summed E-state index contributed by atoms with van der Waals surface area (Å²) < 4.78 is 25.3. The first-order chi connectivity index (χ1) is 12.6. The molecule has 0 N–H and O–H groups in total. The first kappa shape index (κ1) is 17.8. The molecule has 1 aromatic heterocycles. The van der Waals surface area contributed by atoms with Gasteiger partial charge < -0.3 is 4.55 Å². The molecule has 3 atom stereocenters. The summed E-state index contributed by atoms with van der Waals surface area (Å²) in [6, 6.07) is 14.5. The zero-order valence-corrected chi connectivity index (χ0v) is 15.6. The van der Waals surface area contributed by atoms with E-state index in [1.54, 1.807) is 29.2 Å². The average Bonchev–Trinajstić information content (AvgIpc) is 3.24.